The van der Waals surface area contributed by atoms with E-state index in [4.69, 9.17) is 23.2 Å². The quantitative estimate of drug-likeness (QED) is 0.377. The third-order valence-electron chi connectivity index (χ3n) is 5.32. The monoisotopic (exact) mass is 404 g/mol. The van der Waals surface area contributed by atoms with Crippen LogP contribution in [-0.2, 0) is 0 Å². The molecule has 0 fully saturated rings. The number of hydrogen-bond donors (Lipinski definition) is 2. The highest BCUT2D eigenvalue weighted by molar-refractivity contribution is 6.31. The van der Waals surface area contributed by atoms with Crippen molar-refractivity contribution < 1.29 is 0 Å². The van der Waals surface area contributed by atoms with Gasteiger partial charge in [0.25, 0.3) is 0 Å². The van der Waals surface area contributed by atoms with Gasteiger partial charge in [0.2, 0.25) is 0 Å². The number of nitrogens with one attached hydrogen (secondary N) is 2. The van der Waals surface area contributed by atoms with E-state index in [-0.39, 0.29) is 12.2 Å². The molecule has 5 rings (SSSR count). The molecule has 2 unspecified atom stereocenters. The Bertz CT molecular complexity index is 1170. The molecule has 2 nitrogen and oxygen atoms in total. The van der Waals surface area contributed by atoms with E-state index in [0.717, 1.165) is 26.9 Å². The van der Waals surface area contributed by atoms with Crippen LogP contribution in [0.3, 0.4) is 0 Å². The third kappa shape index (κ3) is 2.94. The maximum Gasteiger partial charge on any atom is 0.105 e. The van der Waals surface area contributed by atoms with E-state index in [0.29, 0.717) is 0 Å². The van der Waals surface area contributed by atoms with Gasteiger partial charge in [-0.15, -0.1) is 0 Å². The number of hydrogen-bond acceptors (Lipinski definition) is 2. The summed E-state index contributed by atoms with van der Waals surface area (Å²) >= 11 is 13.1. The van der Waals surface area contributed by atoms with Gasteiger partial charge in [0.1, 0.15) is 6.17 Å². The Labute approximate surface area is 174 Å². The van der Waals surface area contributed by atoms with Gasteiger partial charge in [-0.2, -0.15) is 0 Å². The van der Waals surface area contributed by atoms with Gasteiger partial charge in [0.15, 0.2) is 0 Å². The molecule has 2 N–H and O–H groups in total. The van der Waals surface area contributed by atoms with Crippen LogP contribution >= 0.6 is 23.2 Å². The standard InChI is InChI=1S/C24H18Cl2N2/c25-19-11-5-3-9-17(19)23-22-16-8-2-1-7-15(16)13-14-21(22)27-24(28-23)18-10-4-6-12-20(18)26/h1-14,23-24,27-28H. The topological polar surface area (TPSA) is 24.1 Å². The van der Waals surface area contributed by atoms with Gasteiger partial charge in [-0.1, -0.05) is 89.9 Å². The fourth-order valence-corrected chi connectivity index (χ4v) is 4.50. The van der Waals surface area contributed by atoms with E-state index in [1.807, 2.05) is 42.5 Å². The van der Waals surface area contributed by atoms with E-state index < -0.39 is 0 Å². The van der Waals surface area contributed by atoms with Crippen LogP contribution in [-0.4, -0.2) is 0 Å². The van der Waals surface area contributed by atoms with E-state index >= 15 is 0 Å². The van der Waals surface area contributed by atoms with Gasteiger partial charge in [0.05, 0.1) is 6.04 Å². The molecule has 0 bridgehead atoms. The van der Waals surface area contributed by atoms with Crippen molar-refractivity contribution in [1.82, 2.24) is 5.32 Å². The smallest absolute Gasteiger partial charge is 0.105 e. The molecule has 0 saturated carbocycles. The average Bonchev–Trinajstić information content (AvgIpc) is 2.73. The summed E-state index contributed by atoms with van der Waals surface area (Å²) in [6, 6.07) is 28.6. The number of halogens is 2. The first-order valence-corrected chi connectivity index (χ1v) is 10.0. The van der Waals surface area contributed by atoms with E-state index in [1.165, 1.54) is 16.3 Å². The Balaban J connectivity index is 1.73. The number of anilines is 1. The van der Waals surface area contributed by atoms with Crippen LogP contribution in [0.15, 0.2) is 84.9 Å². The molecule has 28 heavy (non-hydrogen) atoms. The molecule has 1 aliphatic heterocycles. The minimum atomic E-state index is -0.122. The summed E-state index contributed by atoms with van der Waals surface area (Å²) in [5.74, 6) is 0. The summed E-state index contributed by atoms with van der Waals surface area (Å²) < 4.78 is 0. The second-order valence-electron chi connectivity index (χ2n) is 6.97. The highest BCUT2D eigenvalue weighted by atomic mass is 35.5. The summed E-state index contributed by atoms with van der Waals surface area (Å²) in [5, 5.41) is 11.3. The Morgan fingerprint density at radius 2 is 1.29 bits per heavy atom. The van der Waals surface area contributed by atoms with Gasteiger partial charge < -0.3 is 5.32 Å². The molecule has 0 aromatic heterocycles. The second kappa shape index (κ2) is 7.14. The van der Waals surface area contributed by atoms with Gasteiger partial charge in [0, 0.05) is 26.9 Å². The largest absolute Gasteiger partial charge is 0.366 e. The van der Waals surface area contributed by atoms with Crippen molar-refractivity contribution in [3.05, 3.63) is 112 Å². The van der Waals surface area contributed by atoms with Crippen LogP contribution in [0.5, 0.6) is 0 Å². The number of fused-ring (bicyclic) bond motifs is 3. The van der Waals surface area contributed by atoms with Crippen LogP contribution in [0.25, 0.3) is 10.8 Å². The zero-order valence-electron chi connectivity index (χ0n) is 15.0. The van der Waals surface area contributed by atoms with Crippen LogP contribution in [0.1, 0.15) is 28.9 Å². The molecule has 0 saturated heterocycles. The zero-order chi connectivity index (χ0) is 19.1. The molecular weight excluding hydrogens is 387 g/mol. The van der Waals surface area contributed by atoms with Gasteiger partial charge in [-0.3, -0.25) is 5.32 Å². The summed E-state index contributed by atoms with van der Waals surface area (Å²) in [7, 11) is 0. The second-order valence-corrected chi connectivity index (χ2v) is 7.78. The summed E-state index contributed by atoms with van der Waals surface area (Å²) in [5.41, 5.74) is 4.36. The predicted octanol–water partition coefficient (Wildman–Crippen LogP) is 6.95. The van der Waals surface area contributed by atoms with E-state index in [2.05, 4.69) is 53.1 Å². The summed E-state index contributed by atoms with van der Waals surface area (Å²) in [4.78, 5) is 0. The fourth-order valence-electron chi connectivity index (χ4n) is 4.01. The molecule has 1 aliphatic rings. The lowest BCUT2D eigenvalue weighted by Gasteiger charge is -2.36. The minimum Gasteiger partial charge on any atom is -0.366 e. The molecule has 4 aromatic carbocycles. The lowest BCUT2D eigenvalue weighted by Crippen LogP contribution is -2.37. The minimum absolute atomic E-state index is 0.0580. The van der Waals surface area contributed by atoms with Crippen molar-refractivity contribution in [2.75, 3.05) is 5.32 Å². The highest BCUT2D eigenvalue weighted by Gasteiger charge is 2.31. The van der Waals surface area contributed by atoms with Crippen LogP contribution in [0, 0.1) is 0 Å². The van der Waals surface area contributed by atoms with Crippen molar-refractivity contribution >= 4 is 39.7 Å². The molecule has 4 heteroatoms. The van der Waals surface area contributed by atoms with Crippen molar-refractivity contribution in [2.45, 2.75) is 12.2 Å². The molecule has 138 valence electrons. The Hall–Kier alpha value is -2.52. The maximum atomic E-state index is 6.61. The molecule has 1 heterocycles. The maximum absolute atomic E-state index is 6.61. The molecule has 0 aliphatic carbocycles. The zero-order valence-corrected chi connectivity index (χ0v) is 16.5. The lowest BCUT2D eigenvalue weighted by molar-refractivity contribution is 0.509. The molecule has 0 spiro atoms. The van der Waals surface area contributed by atoms with Gasteiger partial charge in [-0.25, -0.2) is 0 Å². The number of rotatable bonds is 2. The van der Waals surface area contributed by atoms with E-state index in [1.54, 1.807) is 0 Å². The van der Waals surface area contributed by atoms with Crippen molar-refractivity contribution in [1.29, 1.82) is 0 Å². The molecule has 4 aromatic rings. The normalized spacial score (nSPS) is 18.5. The molecule has 0 radical (unpaired) electrons. The highest BCUT2D eigenvalue weighted by Crippen LogP contribution is 2.43. The first kappa shape index (κ1) is 17.6. The van der Waals surface area contributed by atoms with Gasteiger partial charge in [-0.05, 0) is 34.5 Å². The first-order chi connectivity index (χ1) is 13.7. The molecule has 2 atom stereocenters. The Morgan fingerprint density at radius 3 is 2.04 bits per heavy atom. The number of benzene rings is 4. The van der Waals surface area contributed by atoms with Crippen LogP contribution in [0.4, 0.5) is 5.69 Å². The summed E-state index contributed by atoms with van der Waals surface area (Å²) in [6.45, 7) is 0. The van der Waals surface area contributed by atoms with Crippen molar-refractivity contribution in [3.8, 4) is 0 Å². The van der Waals surface area contributed by atoms with Crippen LogP contribution < -0.4 is 10.6 Å². The fraction of sp³-hybridized carbons (Fsp3) is 0.0833. The van der Waals surface area contributed by atoms with Gasteiger partial charge >= 0.3 is 0 Å². The Kier molecular flexibility index (Phi) is 4.48. The average molecular weight is 405 g/mol. The Morgan fingerprint density at radius 1 is 0.643 bits per heavy atom. The predicted molar refractivity (Wildman–Crippen MR) is 118 cm³/mol. The lowest BCUT2D eigenvalue weighted by atomic mass is 9.89. The first-order valence-electron chi connectivity index (χ1n) is 9.25. The summed E-state index contributed by atoms with van der Waals surface area (Å²) in [6.07, 6.45) is -0.122. The van der Waals surface area contributed by atoms with Crippen molar-refractivity contribution in [2.24, 2.45) is 0 Å². The van der Waals surface area contributed by atoms with Crippen molar-refractivity contribution in [3.63, 3.8) is 0 Å². The molecular formula is C24H18Cl2N2. The molecule has 0 amide bonds. The third-order valence-corrected chi connectivity index (χ3v) is 6.01. The van der Waals surface area contributed by atoms with E-state index in [9.17, 15) is 0 Å². The SMILES string of the molecule is Clc1ccccc1C1Nc2ccc3ccccc3c2C(c2ccccc2Cl)N1. The van der Waals surface area contributed by atoms with Crippen LogP contribution in [0.2, 0.25) is 10.0 Å².